The van der Waals surface area contributed by atoms with Crippen molar-refractivity contribution < 1.29 is 19.2 Å². The Labute approximate surface area is 164 Å². The molecule has 4 amide bonds. The number of amides is 4. The summed E-state index contributed by atoms with van der Waals surface area (Å²) in [7, 11) is 0. The molecule has 0 bridgehead atoms. The average molecular weight is 392 g/mol. The molecule has 3 atom stereocenters. The summed E-state index contributed by atoms with van der Waals surface area (Å²) >= 11 is 0. The highest BCUT2D eigenvalue weighted by Gasteiger charge is 2.40. The van der Waals surface area contributed by atoms with Crippen LogP contribution in [0, 0.1) is 23.3 Å². The fourth-order valence-electron chi connectivity index (χ4n) is 3.57. The molecule has 2 rings (SSSR count). The Kier molecular flexibility index (Phi) is 7.20. The summed E-state index contributed by atoms with van der Waals surface area (Å²) in [6.07, 6.45) is 3.35. The van der Waals surface area contributed by atoms with Gasteiger partial charge >= 0.3 is 0 Å². The molecule has 2 aliphatic heterocycles. The number of nitriles is 1. The molecule has 0 saturated carbocycles. The molecule has 10 heteroatoms. The van der Waals surface area contributed by atoms with E-state index in [4.69, 9.17) is 0 Å². The highest BCUT2D eigenvalue weighted by atomic mass is 16.2. The maximum absolute atomic E-state index is 12.9. The fraction of sp³-hybridized carbons (Fsp3) is 0.722. The summed E-state index contributed by atoms with van der Waals surface area (Å²) in [5.41, 5.74) is 2.54. The Morgan fingerprint density at radius 3 is 2.61 bits per heavy atom. The van der Waals surface area contributed by atoms with Crippen LogP contribution in [0.4, 0.5) is 0 Å². The number of carbonyl (C=O) groups is 4. The lowest BCUT2D eigenvalue weighted by Gasteiger charge is -2.30. The highest BCUT2D eigenvalue weighted by Crippen LogP contribution is 2.20. The molecule has 0 radical (unpaired) electrons. The van der Waals surface area contributed by atoms with Crippen molar-refractivity contribution in [2.75, 3.05) is 19.6 Å². The zero-order valence-electron chi connectivity index (χ0n) is 16.5. The zero-order valence-corrected chi connectivity index (χ0v) is 16.5. The first-order chi connectivity index (χ1) is 13.2. The van der Waals surface area contributed by atoms with Gasteiger partial charge in [-0.3, -0.25) is 24.6 Å². The molecule has 0 aliphatic carbocycles. The number of likely N-dealkylation sites (tertiary alicyclic amines) is 1. The molecule has 2 heterocycles. The van der Waals surface area contributed by atoms with E-state index in [0.717, 1.165) is 5.01 Å². The molecular weight excluding hydrogens is 364 g/mol. The van der Waals surface area contributed by atoms with E-state index in [2.05, 4.69) is 16.1 Å². The van der Waals surface area contributed by atoms with Crippen molar-refractivity contribution >= 4 is 23.6 Å². The molecule has 154 valence electrons. The Bertz CT molecular complexity index is 673. The van der Waals surface area contributed by atoms with Gasteiger partial charge in [-0.25, -0.2) is 5.01 Å². The number of nitrogens with zero attached hydrogens (tertiary/aromatic N) is 3. The SMILES string of the molecule is CC(=O)N[C@H]1CCN([C@@H](CC(C)C)C(=O)NN(C#N)C[C@@H]2CCNC2=O)C1=O. The lowest BCUT2D eigenvalue weighted by molar-refractivity contribution is -0.141. The van der Waals surface area contributed by atoms with Gasteiger partial charge in [-0.2, -0.15) is 5.26 Å². The van der Waals surface area contributed by atoms with E-state index in [9.17, 15) is 24.4 Å². The number of rotatable bonds is 8. The van der Waals surface area contributed by atoms with Crippen molar-refractivity contribution in [1.82, 2.24) is 26.0 Å². The van der Waals surface area contributed by atoms with Gasteiger partial charge in [0.1, 0.15) is 12.1 Å². The minimum atomic E-state index is -0.750. The van der Waals surface area contributed by atoms with Crippen LogP contribution in [0.25, 0.3) is 0 Å². The quantitative estimate of drug-likeness (QED) is 0.278. The minimum absolute atomic E-state index is 0.0882. The molecule has 2 aliphatic rings. The van der Waals surface area contributed by atoms with E-state index >= 15 is 0 Å². The van der Waals surface area contributed by atoms with Gasteiger partial charge in [-0.1, -0.05) is 13.8 Å². The summed E-state index contributed by atoms with van der Waals surface area (Å²) < 4.78 is 0. The van der Waals surface area contributed by atoms with Crippen LogP contribution in [0.15, 0.2) is 0 Å². The van der Waals surface area contributed by atoms with Crippen molar-refractivity contribution in [1.29, 1.82) is 5.26 Å². The third kappa shape index (κ3) is 5.34. The van der Waals surface area contributed by atoms with Crippen LogP contribution < -0.4 is 16.1 Å². The second-order valence-electron chi connectivity index (χ2n) is 7.68. The van der Waals surface area contributed by atoms with Gasteiger partial charge in [0.25, 0.3) is 5.91 Å². The third-order valence-corrected chi connectivity index (χ3v) is 4.92. The number of nitrogens with one attached hydrogen (secondary N) is 3. The Balaban J connectivity index is 2.06. The zero-order chi connectivity index (χ0) is 20.8. The van der Waals surface area contributed by atoms with E-state index in [1.54, 1.807) is 0 Å². The molecular formula is C18H28N6O4. The monoisotopic (exact) mass is 392 g/mol. The van der Waals surface area contributed by atoms with E-state index in [0.29, 0.717) is 32.4 Å². The van der Waals surface area contributed by atoms with Crippen molar-refractivity contribution in [3.63, 3.8) is 0 Å². The van der Waals surface area contributed by atoms with Crippen molar-refractivity contribution in [2.45, 2.75) is 52.1 Å². The molecule has 0 unspecified atom stereocenters. The summed E-state index contributed by atoms with van der Waals surface area (Å²) in [4.78, 5) is 50.0. The van der Waals surface area contributed by atoms with Crippen LogP contribution >= 0.6 is 0 Å². The van der Waals surface area contributed by atoms with Gasteiger partial charge in [0.2, 0.25) is 17.7 Å². The molecule has 28 heavy (non-hydrogen) atoms. The van der Waals surface area contributed by atoms with Crippen molar-refractivity contribution in [3.05, 3.63) is 0 Å². The van der Waals surface area contributed by atoms with Crippen LogP contribution in [0.2, 0.25) is 0 Å². The molecule has 3 N–H and O–H groups in total. The number of hydrogen-bond donors (Lipinski definition) is 3. The summed E-state index contributed by atoms with van der Waals surface area (Å²) in [5, 5.41) is 15.7. The van der Waals surface area contributed by atoms with Gasteiger partial charge in [0.05, 0.1) is 12.5 Å². The van der Waals surface area contributed by atoms with Crippen molar-refractivity contribution in [3.8, 4) is 6.19 Å². The van der Waals surface area contributed by atoms with Crippen LogP contribution in [0.5, 0.6) is 0 Å². The van der Waals surface area contributed by atoms with Crippen LogP contribution in [0.3, 0.4) is 0 Å². The highest BCUT2D eigenvalue weighted by molar-refractivity contribution is 5.93. The molecule has 0 aromatic rings. The third-order valence-electron chi connectivity index (χ3n) is 4.92. The van der Waals surface area contributed by atoms with E-state index in [1.807, 2.05) is 20.0 Å². The molecule has 0 aromatic carbocycles. The maximum atomic E-state index is 12.9. The topological polar surface area (TPSA) is 135 Å². The first kappa shape index (κ1) is 21.5. The summed E-state index contributed by atoms with van der Waals surface area (Å²) in [6.45, 7) is 6.23. The second kappa shape index (κ2) is 9.39. The summed E-state index contributed by atoms with van der Waals surface area (Å²) in [5.74, 6) is -1.42. The Morgan fingerprint density at radius 2 is 2.07 bits per heavy atom. The Hall–Kier alpha value is -2.83. The molecule has 10 nitrogen and oxygen atoms in total. The predicted octanol–water partition coefficient (Wildman–Crippen LogP) is -0.912. The normalized spacial score (nSPS) is 22.6. The van der Waals surface area contributed by atoms with Gasteiger partial charge in [0.15, 0.2) is 6.19 Å². The Morgan fingerprint density at radius 1 is 1.36 bits per heavy atom. The van der Waals surface area contributed by atoms with E-state index in [1.165, 1.54) is 11.8 Å². The largest absolute Gasteiger partial charge is 0.356 e. The van der Waals surface area contributed by atoms with Crippen LogP contribution in [-0.2, 0) is 19.2 Å². The average Bonchev–Trinajstić information content (AvgIpc) is 3.18. The van der Waals surface area contributed by atoms with Crippen LogP contribution in [0.1, 0.15) is 40.0 Å². The van der Waals surface area contributed by atoms with Crippen molar-refractivity contribution in [2.24, 2.45) is 11.8 Å². The summed E-state index contributed by atoms with van der Waals surface area (Å²) in [6, 6.07) is -1.38. The van der Waals surface area contributed by atoms with Gasteiger partial charge < -0.3 is 15.5 Å². The minimum Gasteiger partial charge on any atom is -0.356 e. The van der Waals surface area contributed by atoms with Gasteiger partial charge in [-0.05, 0) is 25.2 Å². The predicted molar refractivity (Wildman–Crippen MR) is 98.8 cm³/mol. The maximum Gasteiger partial charge on any atom is 0.261 e. The van der Waals surface area contributed by atoms with Gasteiger partial charge in [0, 0.05) is 20.0 Å². The van der Waals surface area contributed by atoms with Crippen LogP contribution in [-0.4, -0.2) is 65.3 Å². The molecule has 2 saturated heterocycles. The fourth-order valence-corrected chi connectivity index (χ4v) is 3.57. The lowest BCUT2D eigenvalue weighted by Crippen LogP contribution is -2.54. The van der Waals surface area contributed by atoms with E-state index in [-0.39, 0.29) is 36.1 Å². The number of carbonyl (C=O) groups excluding carboxylic acids is 4. The standard InChI is InChI=1S/C18H28N6O4/c1-11(2)8-15(24-7-5-14(18(24)28)21-12(3)25)17(27)22-23(10-19)9-13-4-6-20-16(13)26/h11,13-15H,4-9H2,1-3H3,(H,20,26)(H,21,25)(H,22,27)/t13-,14-,15-/m0/s1. The molecule has 0 spiro atoms. The molecule has 2 fully saturated rings. The lowest BCUT2D eigenvalue weighted by atomic mass is 10.0. The smallest absolute Gasteiger partial charge is 0.261 e. The molecule has 0 aromatic heterocycles. The van der Waals surface area contributed by atoms with E-state index < -0.39 is 18.0 Å². The first-order valence-corrected chi connectivity index (χ1v) is 9.56. The number of hydrogen-bond acceptors (Lipinski definition) is 6. The first-order valence-electron chi connectivity index (χ1n) is 9.56. The second-order valence-corrected chi connectivity index (χ2v) is 7.68. The number of hydrazine groups is 1. The van der Waals surface area contributed by atoms with Gasteiger partial charge in [-0.15, -0.1) is 0 Å².